The van der Waals surface area contributed by atoms with Gasteiger partial charge in [-0.3, -0.25) is 9.69 Å². The minimum absolute atomic E-state index is 0.0866. The van der Waals surface area contributed by atoms with Gasteiger partial charge in [0.1, 0.15) is 0 Å². The minimum atomic E-state index is -0.260. The molecule has 38 heavy (non-hydrogen) atoms. The van der Waals surface area contributed by atoms with Crippen molar-refractivity contribution < 1.29 is 5.11 Å². The first-order chi connectivity index (χ1) is 18.4. The molecule has 2 fully saturated rings. The highest BCUT2D eigenvalue weighted by Crippen LogP contribution is 2.29. The van der Waals surface area contributed by atoms with Crippen molar-refractivity contribution in [2.75, 3.05) is 49.1 Å². The Balaban J connectivity index is 1.23. The number of pyridine rings is 1. The van der Waals surface area contributed by atoms with Crippen molar-refractivity contribution in [1.29, 1.82) is 0 Å². The van der Waals surface area contributed by atoms with Crippen LogP contribution in [0.4, 0.5) is 11.4 Å². The molecule has 1 aromatic heterocycles. The number of aromatic nitrogens is 1. The van der Waals surface area contributed by atoms with Gasteiger partial charge in [-0.1, -0.05) is 30.3 Å². The Labute approximate surface area is 224 Å². The summed E-state index contributed by atoms with van der Waals surface area (Å²) in [5, 5.41) is 10.9. The fourth-order valence-corrected chi connectivity index (χ4v) is 5.79. The molecule has 6 rings (SSSR count). The molecule has 0 unspecified atom stereocenters. The van der Waals surface area contributed by atoms with Crippen LogP contribution in [0.15, 0.2) is 77.6 Å². The van der Waals surface area contributed by atoms with Gasteiger partial charge in [-0.05, 0) is 84.8 Å². The molecule has 0 radical (unpaired) electrons. The van der Waals surface area contributed by atoms with Crippen LogP contribution in [-0.2, 0) is 0 Å². The largest absolute Gasteiger partial charge is 0.391 e. The molecule has 2 saturated heterocycles. The zero-order valence-electron chi connectivity index (χ0n) is 22.2. The number of aromatic amines is 1. The summed E-state index contributed by atoms with van der Waals surface area (Å²) < 4.78 is 0. The topological polar surface area (TPSA) is 62.8 Å². The summed E-state index contributed by atoms with van der Waals surface area (Å²) in [7, 11) is 0. The zero-order valence-corrected chi connectivity index (χ0v) is 22.2. The number of rotatable bonds is 5. The van der Waals surface area contributed by atoms with Gasteiger partial charge in [-0.15, -0.1) is 0 Å². The van der Waals surface area contributed by atoms with E-state index in [1.165, 1.54) is 11.3 Å². The van der Waals surface area contributed by atoms with Crippen molar-refractivity contribution in [2.45, 2.75) is 32.4 Å². The molecule has 0 amide bonds. The minimum Gasteiger partial charge on any atom is -0.391 e. The van der Waals surface area contributed by atoms with E-state index in [0.717, 1.165) is 66.9 Å². The third-order valence-electron chi connectivity index (χ3n) is 8.16. The summed E-state index contributed by atoms with van der Waals surface area (Å²) in [4.78, 5) is 23.2. The molecule has 0 bridgehead atoms. The Morgan fingerprint density at radius 1 is 0.763 bits per heavy atom. The Morgan fingerprint density at radius 3 is 2.03 bits per heavy atom. The van der Waals surface area contributed by atoms with Gasteiger partial charge < -0.3 is 19.9 Å². The lowest BCUT2D eigenvalue weighted by molar-refractivity contribution is 0.198. The Bertz CT molecular complexity index is 1470. The number of fused-ring (bicyclic) bond motifs is 1. The molecule has 3 heterocycles. The number of piperazine rings is 1. The second-order valence-corrected chi connectivity index (χ2v) is 10.9. The molecule has 0 aliphatic carbocycles. The van der Waals surface area contributed by atoms with Crippen LogP contribution in [0.2, 0.25) is 0 Å². The van der Waals surface area contributed by atoms with Crippen molar-refractivity contribution in [2.24, 2.45) is 0 Å². The van der Waals surface area contributed by atoms with E-state index in [9.17, 15) is 9.90 Å². The van der Waals surface area contributed by atoms with Crippen molar-refractivity contribution in [1.82, 2.24) is 9.88 Å². The van der Waals surface area contributed by atoms with E-state index in [0.29, 0.717) is 18.2 Å². The first kappa shape index (κ1) is 24.7. The van der Waals surface area contributed by atoms with E-state index in [1.807, 2.05) is 36.4 Å². The Hall–Kier alpha value is -3.61. The normalized spacial score (nSPS) is 18.6. The lowest BCUT2D eigenvalue weighted by atomic mass is 10.00. The number of benzene rings is 3. The molecule has 3 aromatic carbocycles. The second kappa shape index (κ2) is 10.3. The van der Waals surface area contributed by atoms with Gasteiger partial charge >= 0.3 is 0 Å². The van der Waals surface area contributed by atoms with Crippen molar-refractivity contribution in [3.05, 3.63) is 83.2 Å². The summed E-state index contributed by atoms with van der Waals surface area (Å²) in [6.07, 6.45) is 0.538. The van der Waals surface area contributed by atoms with Gasteiger partial charge in [-0.25, -0.2) is 0 Å². The molecule has 2 aliphatic rings. The van der Waals surface area contributed by atoms with Crippen LogP contribution in [0.3, 0.4) is 0 Å². The highest BCUT2D eigenvalue weighted by molar-refractivity contribution is 5.88. The third-order valence-corrected chi connectivity index (χ3v) is 8.16. The molecular weight excluding hydrogens is 472 g/mol. The smallest absolute Gasteiger partial charge is 0.256 e. The number of anilines is 2. The van der Waals surface area contributed by atoms with Crippen LogP contribution in [0.25, 0.3) is 33.2 Å². The van der Waals surface area contributed by atoms with Gasteiger partial charge in [0.25, 0.3) is 5.56 Å². The van der Waals surface area contributed by atoms with E-state index in [2.05, 4.69) is 69.9 Å². The summed E-state index contributed by atoms with van der Waals surface area (Å²) in [5.74, 6) is 0. The molecule has 0 saturated carbocycles. The van der Waals surface area contributed by atoms with Gasteiger partial charge in [0.2, 0.25) is 0 Å². The van der Waals surface area contributed by atoms with E-state index < -0.39 is 0 Å². The van der Waals surface area contributed by atoms with Gasteiger partial charge in [0.15, 0.2) is 0 Å². The van der Waals surface area contributed by atoms with E-state index in [-0.39, 0.29) is 11.7 Å². The van der Waals surface area contributed by atoms with Crippen molar-refractivity contribution in [3.63, 3.8) is 0 Å². The quantitative estimate of drug-likeness (QED) is 0.399. The molecule has 2 N–H and O–H groups in total. The van der Waals surface area contributed by atoms with Crippen LogP contribution in [-0.4, -0.2) is 66.4 Å². The fourth-order valence-electron chi connectivity index (χ4n) is 5.79. The lowest BCUT2D eigenvalue weighted by Gasteiger charge is -2.38. The van der Waals surface area contributed by atoms with Gasteiger partial charge in [0, 0.05) is 67.8 Å². The molecular formula is C32H36N4O2. The average Bonchev–Trinajstić information content (AvgIpc) is 3.39. The molecule has 2 aliphatic heterocycles. The first-order valence-electron chi connectivity index (χ1n) is 13.7. The number of β-amino-alcohol motifs (C(OH)–C–C–N with tert-alkyl or cyclic N) is 1. The van der Waals surface area contributed by atoms with Crippen LogP contribution in [0.5, 0.6) is 0 Å². The highest BCUT2D eigenvalue weighted by atomic mass is 16.3. The molecule has 6 heteroatoms. The van der Waals surface area contributed by atoms with Crippen molar-refractivity contribution >= 4 is 22.3 Å². The molecule has 4 aromatic rings. The fraction of sp³-hybridized carbons (Fsp3) is 0.344. The number of hydrogen-bond donors (Lipinski definition) is 2. The number of nitrogens with zero attached hydrogens (tertiary/aromatic N) is 3. The summed E-state index contributed by atoms with van der Waals surface area (Å²) in [5.41, 5.74) is 6.96. The van der Waals surface area contributed by atoms with Gasteiger partial charge in [0.05, 0.1) is 6.10 Å². The maximum Gasteiger partial charge on any atom is 0.256 e. The summed E-state index contributed by atoms with van der Waals surface area (Å²) in [6.45, 7) is 10.4. The van der Waals surface area contributed by atoms with Crippen LogP contribution >= 0.6 is 0 Å². The molecule has 0 spiro atoms. The van der Waals surface area contributed by atoms with Crippen molar-refractivity contribution in [3.8, 4) is 22.3 Å². The number of hydrogen-bond acceptors (Lipinski definition) is 5. The van der Waals surface area contributed by atoms with Crippen LogP contribution < -0.4 is 15.4 Å². The Morgan fingerprint density at radius 2 is 1.39 bits per heavy atom. The van der Waals surface area contributed by atoms with Gasteiger partial charge in [-0.2, -0.15) is 0 Å². The summed E-state index contributed by atoms with van der Waals surface area (Å²) in [6, 6.07) is 25.8. The van der Waals surface area contributed by atoms with E-state index in [4.69, 9.17) is 0 Å². The number of aliphatic hydroxyl groups excluding tert-OH is 1. The number of aliphatic hydroxyl groups is 1. The van der Waals surface area contributed by atoms with Crippen LogP contribution in [0, 0.1) is 0 Å². The third kappa shape index (κ3) is 4.94. The number of H-pyrrole nitrogens is 1. The maximum absolute atomic E-state index is 12.9. The lowest BCUT2D eigenvalue weighted by Crippen LogP contribution is -2.48. The maximum atomic E-state index is 12.9. The van der Waals surface area contributed by atoms with E-state index >= 15 is 0 Å². The second-order valence-electron chi connectivity index (χ2n) is 10.9. The standard InChI is InChI=1S/C32H36N4O2/c1-22(2)34-15-17-35(18-16-34)27-8-3-23(4-9-27)25-7-12-31-26(19-25)20-30(32(38)33-31)24-5-10-28(11-6-24)36-14-13-29(37)21-36/h3-12,19-20,22,29,37H,13-18,21H2,1-2H3,(H,33,38)/t29-/m1/s1. The zero-order chi connectivity index (χ0) is 26.2. The molecule has 6 nitrogen and oxygen atoms in total. The SMILES string of the molecule is CC(C)N1CCN(c2ccc(-c3ccc4[nH]c(=O)c(-c5ccc(N6CC[C@@H](O)C6)cc5)cc4c3)cc2)CC1. The average molecular weight is 509 g/mol. The number of nitrogens with one attached hydrogen (secondary N) is 1. The molecule has 1 atom stereocenters. The summed E-state index contributed by atoms with van der Waals surface area (Å²) >= 11 is 0. The predicted molar refractivity (Wildman–Crippen MR) is 157 cm³/mol. The monoisotopic (exact) mass is 508 g/mol. The molecule has 196 valence electrons. The Kier molecular flexibility index (Phi) is 6.68. The first-order valence-corrected chi connectivity index (χ1v) is 13.7. The predicted octanol–water partition coefficient (Wildman–Crippen LogP) is 4.96. The highest BCUT2D eigenvalue weighted by Gasteiger charge is 2.21. The van der Waals surface area contributed by atoms with Crippen LogP contribution in [0.1, 0.15) is 20.3 Å². The van der Waals surface area contributed by atoms with E-state index in [1.54, 1.807) is 0 Å².